The summed E-state index contributed by atoms with van der Waals surface area (Å²) >= 11 is 0. The second-order valence-electron chi connectivity index (χ2n) is 3.13. The fraction of sp³-hybridized carbons (Fsp3) is 1.00. The molecule has 3 heteroatoms. The quantitative estimate of drug-likeness (QED) is 0.537. The molecule has 0 bridgehead atoms. The van der Waals surface area contributed by atoms with Gasteiger partial charge in [-0.2, -0.15) is 13.2 Å². The Morgan fingerprint density at radius 3 is 1.83 bits per heavy atom. The zero-order valence-corrected chi connectivity index (χ0v) is 7.58. The number of halogens is 3. The predicted molar refractivity (Wildman–Crippen MR) is 44.0 cm³/mol. The van der Waals surface area contributed by atoms with E-state index in [0.29, 0.717) is 6.42 Å². The molecule has 0 fully saturated rings. The molecule has 74 valence electrons. The number of unbranched alkanes of at least 4 members (excludes halogenated alkanes) is 5. The van der Waals surface area contributed by atoms with Gasteiger partial charge in [-0.1, -0.05) is 39.0 Å². The normalized spacial score (nSPS) is 12.0. The van der Waals surface area contributed by atoms with E-state index in [1.165, 1.54) is 0 Å². The Morgan fingerprint density at radius 2 is 1.33 bits per heavy atom. The predicted octanol–water partition coefficient (Wildman–Crippen LogP) is 4.30. The third kappa shape index (κ3) is 9.79. The molecule has 0 atom stereocenters. The van der Waals surface area contributed by atoms with E-state index in [2.05, 4.69) is 6.92 Å². The Morgan fingerprint density at radius 1 is 0.833 bits per heavy atom. The first-order valence-electron chi connectivity index (χ1n) is 4.63. The zero-order valence-electron chi connectivity index (χ0n) is 7.58. The van der Waals surface area contributed by atoms with Crippen molar-refractivity contribution in [1.29, 1.82) is 0 Å². The summed E-state index contributed by atoms with van der Waals surface area (Å²) in [5.74, 6) is 0. The lowest BCUT2D eigenvalue weighted by atomic mass is 10.1. The molecule has 0 amide bonds. The van der Waals surface area contributed by atoms with Crippen LogP contribution in [-0.4, -0.2) is 6.18 Å². The maximum atomic E-state index is 11.6. The second-order valence-corrected chi connectivity index (χ2v) is 3.13. The zero-order chi connectivity index (χ0) is 9.45. The molecule has 0 aliphatic carbocycles. The van der Waals surface area contributed by atoms with Gasteiger partial charge in [0.15, 0.2) is 0 Å². The van der Waals surface area contributed by atoms with Crippen LogP contribution in [0.4, 0.5) is 13.2 Å². The van der Waals surface area contributed by atoms with E-state index in [-0.39, 0.29) is 0 Å². The maximum Gasteiger partial charge on any atom is 0.389 e. The molecule has 0 nitrogen and oxygen atoms in total. The Bertz CT molecular complexity index is 96.4. The van der Waals surface area contributed by atoms with Crippen LogP contribution in [0.15, 0.2) is 0 Å². The third-order valence-corrected chi connectivity index (χ3v) is 1.81. The lowest BCUT2D eigenvalue weighted by Crippen LogP contribution is -2.06. The summed E-state index contributed by atoms with van der Waals surface area (Å²) in [5.41, 5.74) is 0. The van der Waals surface area contributed by atoms with Gasteiger partial charge in [0.25, 0.3) is 0 Å². The third-order valence-electron chi connectivity index (χ3n) is 1.81. The molecule has 0 saturated heterocycles. The van der Waals surface area contributed by atoms with E-state index in [9.17, 15) is 13.2 Å². The van der Waals surface area contributed by atoms with Crippen molar-refractivity contribution in [3.05, 3.63) is 0 Å². The molecular formula is C9H17F3. The molecule has 0 radical (unpaired) electrons. The van der Waals surface area contributed by atoms with E-state index >= 15 is 0 Å². The standard InChI is InChI=1S/C9H17F3/c1-2-3-4-5-6-7-8-9(10,11)12/h2-8H2,1H3. The van der Waals surface area contributed by atoms with Crippen LogP contribution < -0.4 is 0 Å². The second kappa shape index (κ2) is 6.32. The highest BCUT2D eigenvalue weighted by atomic mass is 19.4. The maximum absolute atomic E-state index is 11.6. The van der Waals surface area contributed by atoms with E-state index in [1.54, 1.807) is 0 Å². The molecule has 0 aromatic rings. The fourth-order valence-electron chi connectivity index (χ4n) is 1.11. The van der Waals surface area contributed by atoms with Crippen LogP contribution in [-0.2, 0) is 0 Å². The van der Waals surface area contributed by atoms with Gasteiger partial charge < -0.3 is 0 Å². The van der Waals surface area contributed by atoms with Gasteiger partial charge >= 0.3 is 6.18 Å². The summed E-state index contributed by atoms with van der Waals surface area (Å²) in [7, 11) is 0. The summed E-state index contributed by atoms with van der Waals surface area (Å²) in [6.07, 6.45) is 0.764. The van der Waals surface area contributed by atoms with E-state index in [0.717, 1.165) is 32.1 Å². The van der Waals surface area contributed by atoms with Crippen LogP contribution in [0.1, 0.15) is 51.9 Å². The van der Waals surface area contributed by atoms with Crippen molar-refractivity contribution in [1.82, 2.24) is 0 Å². The SMILES string of the molecule is CCCCCCCCC(F)(F)F. The van der Waals surface area contributed by atoms with Gasteiger partial charge in [-0.3, -0.25) is 0 Å². The lowest BCUT2D eigenvalue weighted by Gasteiger charge is -2.04. The van der Waals surface area contributed by atoms with Gasteiger partial charge in [0.2, 0.25) is 0 Å². The number of hydrogen-bond donors (Lipinski definition) is 0. The van der Waals surface area contributed by atoms with Crippen molar-refractivity contribution >= 4 is 0 Å². The van der Waals surface area contributed by atoms with Crippen molar-refractivity contribution in [2.45, 2.75) is 58.0 Å². The Kier molecular flexibility index (Phi) is 6.21. The molecule has 0 heterocycles. The van der Waals surface area contributed by atoms with Crippen molar-refractivity contribution in [2.24, 2.45) is 0 Å². The highest BCUT2D eigenvalue weighted by Crippen LogP contribution is 2.22. The van der Waals surface area contributed by atoms with Crippen molar-refractivity contribution in [3.8, 4) is 0 Å². The van der Waals surface area contributed by atoms with Crippen LogP contribution in [0.25, 0.3) is 0 Å². The summed E-state index contributed by atoms with van der Waals surface area (Å²) in [5, 5.41) is 0. The topological polar surface area (TPSA) is 0 Å². The average Bonchev–Trinajstić information content (AvgIpc) is 1.94. The van der Waals surface area contributed by atoms with Crippen LogP contribution in [0.3, 0.4) is 0 Å². The van der Waals surface area contributed by atoms with Crippen molar-refractivity contribution in [3.63, 3.8) is 0 Å². The van der Waals surface area contributed by atoms with E-state index < -0.39 is 12.6 Å². The van der Waals surface area contributed by atoms with Crippen LogP contribution in [0, 0.1) is 0 Å². The van der Waals surface area contributed by atoms with Gasteiger partial charge in [-0.05, 0) is 6.42 Å². The highest BCUT2D eigenvalue weighted by molar-refractivity contribution is 4.51. The fourth-order valence-corrected chi connectivity index (χ4v) is 1.11. The Balaban J connectivity index is 3.01. The number of hydrogen-bond acceptors (Lipinski definition) is 0. The summed E-state index contributed by atoms with van der Waals surface area (Å²) in [4.78, 5) is 0. The minimum Gasteiger partial charge on any atom is -0.171 e. The van der Waals surface area contributed by atoms with Crippen molar-refractivity contribution < 1.29 is 13.2 Å². The minimum atomic E-state index is -3.95. The van der Waals surface area contributed by atoms with Gasteiger partial charge in [0.1, 0.15) is 0 Å². The molecule has 12 heavy (non-hydrogen) atoms. The molecule has 0 aromatic heterocycles. The molecular weight excluding hydrogens is 165 g/mol. The summed E-state index contributed by atoms with van der Waals surface area (Å²) in [6, 6.07) is 0. The first kappa shape index (κ1) is 11.8. The summed E-state index contributed by atoms with van der Waals surface area (Å²) in [6.45, 7) is 2.09. The van der Waals surface area contributed by atoms with Crippen LogP contribution in [0.2, 0.25) is 0 Å². The smallest absolute Gasteiger partial charge is 0.171 e. The van der Waals surface area contributed by atoms with Crippen molar-refractivity contribution in [2.75, 3.05) is 0 Å². The molecule has 0 N–H and O–H groups in total. The average molecular weight is 182 g/mol. The van der Waals surface area contributed by atoms with E-state index in [4.69, 9.17) is 0 Å². The van der Waals surface area contributed by atoms with Crippen LogP contribution >= 0.6 is 0 Å². The number of alkyl halides is 3. The molecule has 0 aliphatic rings. The van der Waals surface area contributed by atoms with Gasteiger partial charge in [0.05, 0.1) is 0 Å². The monoisotopic (exact) mass is 182 g/mol. The largest absolute Gasteiger partial charge is 0.389 e. The van der Waals surface area contributed by atoms with E-state index in [1.807, 2.05) is 0 Å². The molecule has 0 spiro atoms. The first-order valence-corrected chi connectivity index (χ1v) is 4.63. The van der Waals surface area contributed by atoms with Gasteiger partial charge in [-0.25, -0.2) is 0 Å². The Hall–Kier alpha value is -0.210. The van der Waals surface area contributed by atoms with Crippen LogP contribution in [0.5, 0.6) is 0 Å². The van der Waals surface area contributed by atoms with Gasteiger partial charge in [-0.15, -0.1) is 0 Å². The molecule has 0 aromatic carbocycles. The summed E-state index contributed by atoms with van der Waals surface area (Å²) < 4.78 is 34.9. The van der Waals surface area contributed by atoms with Gasteiger partial charge in [0, 0.05) is 6.42 Å². The lowest BCUT2D eigenvalue weighted by molar-refractivity contribution is -0.135. The highest BCUT2D eigenvalue weighted by Gasteiger charge is 2.25. The molecule has 0 rings (SSSR count). The Labute approximate surface area is 72.2 Å². The molecule has 0 aliphatic heterocycles. The molecule has 0 unspecified atom stereocenters. The minimum absolute atomic E-state index is 0.299. The molecule has 0 saturated carbocycles. The first-order chi connectivity index (χ1) is 5.56. The number of rotatable bonds is 6.